The van der Waals surface area contributed by atoms with Gasteiger partial charge in [-0.15, -0.1) is 11.8 Å². The summed E-state index contributed by atoms with van der Waals surface area (Å²) >= 11 is 1.34. The normalized spacial score (nSPS) is 15.8. The van der Waals surface area contributed by atoms with Crippen molar-refractivity contribution in [3.8, 4) is 0 Å². The second-order valence-corrected chi connectivity index (χ2v) is 6.34. The third kappa shape index (κ3) is 3.85. The largest absolute Gasteiger partial charge is 0.480 e. The summed E-state index contributed by atoms with van der Waals surface area (Å²) in [7, 11) is 0. The molecule has 0 bridgehead atoms. The van der Waals surface area contributed by atoms with Crippen molar-refractivity contribution in [2.45, 2.75) is 36.2 Å². The van der Waals surface area contributed by atoms with Gasteiger partial charge in [-0.2, -0.15) is 4.98 Å². The van der Waals surface area contributed by atoms with E-state index in [2.05, 4.69) is 10.1 Å². The van der Waals surface area contributed by atoms with E-state index >= 15 is 0 Å². The van der Waals surface area contributed by atoms with Gasteiger partial charge in [0.2, 0.25) is 5.89 Å². The van der Waals surface area contributed by atoms with Gasteiger partial charge < -0.3 is 9.63 Å². The molecule has 5 nitrogen and oxygen atoms in total. The maximum Gasteiger partial charge on any atom is 0.316 e. The van der Waals surface area contributed by atoms with Crippen LogP contribution in [0.3, 0.4) is 0 Å². The predicted octanol–water partition coefficient (Wildman–Crippen LogP) is 2.88. The number of nitrogens with zero attached hydrogens (tertiary/aromatic N) is 2. The number of hydrogen-bond acceptors (Lipinski definition) is 5. The number of carboxylic acid groups (broad SMARTS) is 1. The van der Waals surface area contributed by atoms with E-state index < -0.39 is 11.2 Å². The van der Waals surface area contributed by atoms with E-state index in [0.29, 0.717) is 29.8 Å². The maximum absolute atomic E-state index is 11.4. The monoisotopic (exact) mass is 304 g/mol. The summed E-state index contributed by atoms with van der Waals surface area (Å²) in [5.41, 5.74) is 1.02. The maximum atomic E-state index is 11.4. The lowest BCUT2D eigenvalue weighted by atomic mass is 10.1. The summed E-state index contributed by atoms with van der Waals surface area (Å²) in [5, 5.41) is 12.7. The van der Waals surface area contributed by atoms with Crippen LogP contribution in [0.5, 0.6) is 0 Å². The number of thioether (sulfide) groups is 1. The van der Waals surface area contributed by atoms with Crippen LogP contribution in [0.2, 0.25) is 0 Å². The lowest BCUT2D eigenvalue weighted by Gasteiger charge is -2.10. The Morgan fingerprint density at radius 2 is 2.14 bits per heavy atom. The Kier molecular flexibility index (Phi) is 4.24. The number of aliphatic carboxylic acids is 1. The molecule has 6 heteroatoms. The molecule has 1 fully saturated rings. The Bertz CT molecular complexity index is 610. The van der Waals surface area contributed by atoms with Gasteiger partial charge in [0.15, 0.2) is 5.82 Å². The van der Waals surface area contributed by atoms with Crippen LogP contribution in [-0.2, 0) is 17.0 Å². The molecule has 1 aromatic heterocycles. The Morgan fingerprint density at radius 3 is 2.81 bits per heavy atom. The zero-order valence-corrected chi connectivity index (χ0v) is 12.3. The number of carbonyl (C=O) groups is 1. The van der Waals surface area contributed by atoms with Crippen LogP contribution in [0.25, 0.3) is 0 Å². The van der Waals surface area contributed by atoms with Crippen molar-refractivity contribution < 1.29 is 14.4 Å². The third-order valence-corrected chi connectivity index (χ3v) is 4.56. The minimum Gasteiger partial charge on any atom is -0.480 e. The average molecular weight is 304 g/mol. The second kappa shape index (κ2) is 6.30. The number of rotatable bonds is 7. The fourth-order valence-electron chi connectivity index (χ4n) is 2.04. The summed E-state index contributed by atoms with van der Waals surface area (Å²) in [6, 6.07) is 9.64. The highest BCUT2D eigenvalue weighted by molar-refractivity contribution is 7.99. The molecule has 0 spiro atoms. The number of hydrogen-bond donors (Lipinski definition) is 1. The van der Waals surface area contributed by atoms with Crippen molar-refractivity contribution in [1.82, 2.24) is 10.1 Å². The van der Waals surface area contributed by atoms with Crippen molar-refractivity contribution in [1.29, 1.82) is 0 Å². The Balaban J connectivity index is 1.58. The zero-order chi connectivity index (χ0) is 14.7. The minimum absolute atomic E-state index is 0.427. The molecular formula is C15H16N2O3S. The predicted molar refractivity (Wildman–Crippen MR) is 79.1 cm³/mol. The quantitative estimate of drug-likeness (QED) is 0.847. The highest BCUT2D eigenvalue weighted by Crippen LogP contribution is 2.39. The third-order valence-electron chi connectivity index (χ3n) is 3.36. The van der Waals surface area contributed by atoms with Gasteiger partial charge in [-0.3, -0.25) is 4.79 Å². The van der Waals surface area contributed by atoms with Crippen molar-refractivity contribution in [2.24, 2.45) is 0 Å². The smallest absolute Gasteiger partial charge is 0.316 e. The molecule has 1 aliphatic carbocycles. The fourth-order valence-corrected chi connectivity index (χ4v) is 2.96. The topological polar surface area (TPSA) is 76.2 Å². The van der Waals surface area contributed by atoms with Crippen LogP contribution in [-0.4, -0.2) is 26.5 Å². The molecule has 1 aromatic carbocycles. The second-order valence-electron chi connectivity index (χ2n) is 5.15. The van der Waals surface area contributed by atoms with Crippen LogP contribution in [0.1, 0.15) is 36.0 Å². The van der Waals surface area contributed by atoms with Crippen molar-refractivity contribution >= 4 is 17.7 Å². The molecular weight excluding hydrogens is 288 g/mol. The molecule has 1 atom stereocenters. The summed E-state index contributed by atoms with van der Waals surface area (Å²) in [4.78, 5) is 15.7. The van der Waals surface area contributed by atoms with Gasteiger partial charge >= 0.3 is 5.97 Å². The number of carboxylic acids is 1. The van der Waals surface area contributed by atoms with Crippen LogP contribution in [0, 0.1) is 0 Å². The average Bonchev–Trinajstić information content (AvgIpc) is 3.23. The molecule has 0 saturated heterocycles. The molecule has 3 rings (SSSR count). The molecule has 0 amide bonds. The van der Waals surface area contributed by atoms with Gasteiger partial charge in [-0.1, -0.05) is 35.5 Å². The molecule has 0 radical (unpaired) electrons. The first-order chi connectivity index (χ1) is 10.2. The standard InChI is InChI=1S/C15H16N2O3S/c18-15(19)12(8-10-4-2-1-3-5-10)21-9-13-16-14(20-17-13)11-6-7-11/h1-5,11-12H,6-9H2,(H,18,19). The van der Waals surface area contributed by atoms with E-state index in [9.17, 15) is 9.90 Å². The lowest BCUT2D eigenvalue weighted by Crippen LogP contribution is -2.19. The Labute approximate surface area is 126 Å². The fraction of sp³-hybridized carbons (Fsp3) is 0.400. The number of aromatic nitrogens is 2. The lowest BCUT2D eigenvalue weighted by molar-refractivity contribution is -0.136. The molecule has 2 aromatic rings. The molecule has 1 heterocycles. The number of benzene rings is 1. The molecule has 1 unspecified atom stereocenters. The van der Waals surface area contributed by atoms with Crippen molar-refractivity contribution in [3.05, 3.63) is 47.6 Å². The van der Waals surface area contributed by atoms with Gasteiger partial charge in [-0.25, -0.2) is 0 Å². The molecule has 110 valence electrons. The summed E-state index contributed by atoms with van der Waals surface area (Å²) in [5.74, 6) is 1.35. The summed E-state index contributed by atoms with van der Waals surface area (Å²) < 4.78 is 5.18. The Hall–Kier alpha value is -1.82. The molecule has 1 aliphatic rings. The van der Waals surface area contributed by atoms with Gasteiger partial charge in [0, 0.05) is 5.92 Å². The Morgan fingerprint density at radius 1 is 1.38 bits per heavy atom. The van der Waals surface area contributed by atoms with E-state index in [-0.39, 0.29) is 0 Å². The van der Waals surface area contributed by atoms with E-state index in [1.54, 1.807) is 0 Å². The first kappa shape index (κ1) is 14.1. The van der Waals surface area contributed by atoms with E-state index in [4.69, 9.17) is 4.52 Å². The highest BCUT2D eigenvalue weighted by atomic mass is 32.2. The highest BCUT2D eigenvalue weighted by Gasteiger charge is 2.29. The molecule has 1 N–H and O–H groups in total. The van der Waals surface area contributed by atoms with Crippen LogP contribution >= 0.6 is 11.8 Å². The molecule has 21 heavy (non-hydrogen) atoms. The first-order valence-electron chi connectivity index (χ1n) is 6.93. The zero-order valence-electron chi connectivity index (χ0n) is 11.4. The van der Waals surface area contributed by atoms with Crippen molar-refractivity contribution in [3.63, 3.8) is 0 Å². The van der Waals surface area contributed by atoms with Gasteiger partial charge in [0.05, 0.1) is 5.75 Å². The van der Waals surface area contributed by atoms with Crippen molar-refractivity contribution in [2.75, 3.05) is 0 Å². The van der Waals surface area contributed by atoms with Gasteiger partial charge in [-0.05, 0) is 24.8 Å². The summed E-state index contributed by atoms with van der Waals surface area (Å²) in [6.07, 6.45) is 2.72. The van der Waals surface area contributed by atoms with Crippen LogP contribution in [0.15, 0.2) is 34.9 Å². The first-order valence-corrected chi connectivity index (χ1v) is 7.98. The minimum atomic E-state index is -0.810. The van der Waals surface area contributed by atoms with Crippen LogP contribution < -0.4 is 0 Å². The summed E-state index contributed by atoms with van der Waals surface area (Å²) in [6.45, 7) is 0. The molecule has 1 saturated carbocycles. The van der Waals surface area contributed by atoms with E-state index in [1.807, 2.05) is 30.3 Å². The molecule has 0 aliphatic heterocycles. The van der Waals surface area contributed by atoms with E-state index in [0.717, 1.165) is 18.4 Å². The van der Waals surface area contributed by atoms with Gasteiger partial charge in [0.25, 0.3) is 0 Å². The van der Waals surface area contributed by atoms with Crippen LogP contribution in [0.4, 0.5) is 0 Å². The van der Waals surface area contributed by atoms with Gasteiger partial charge in [0.1, 0.15) is 5.25 Å². The van der Waals surface area contributed by atoms with E-state index in [1.165, 1.54) is 11.8 Å². The SMILES string of the molecule is O=C(O)C(Cc1ccccc1)SCc1noc(C2CC2)n1.